The summed E-state index contributed by atoms with van der Waals surface area (Å²) in [5.74, 6) is 0.181. The van der Waals surface area contributed by atoms with Crippen LogP contribution in [0.3, 0.4) is 0 Å². The third-order valence-electron chi connectivity index (χ3n) is 4.06. The van der Waals surface area contributed by atoms with E-state index in [-0.39, 0.29) is 49.6 Å². The molecule has 0 bridgehead atoms. The summed E-state index contributed by atoms with van der Waals surface area (Å²) in [5.41, 5.74) is 1.23. The smallest absolute Gasteiger partial charge is 0.224 e. The van der Waals surface area contributed by atoms with Crippen molar-refractivity contribution < 1.29 is 56.4 Å². The number of rotatable bonds is 6. The minimum atomic E-state index is -0.615. The number of nitrogens with one attached hydrogen (secondary N) is 1. The Balaban J connectivity index is 0.00000225. The molecule has 0 saturated carbocycles. The zero-order valence-electron chi connectivity index (χ0n) is 14.6. The average molecular weight is 532 g/mol. The van der Waals surface area contributed by atoms with Crippen LogP contribution < -0.4 is 5.32 Å². The molecule has 1 aliphatic rings. The van der Waals surface area contributed by atoms with Gasteiger partial charge in [-0.25, -0.2) is 9.07 Å². The fourth-order valence-electron chi connectivity index (χ4n) is 2.71. The Kier molecular flexibility index (Phi) is 7.14. The van der Waals surface area contributed by atoms with E-state index in [4.69, 9.17) is 9.47 Å². The molecule has 149 valence electrons. The number of carbonyl (C=O) groups is 1. The first-order valence-electron chi connectivity index (χ1n) is 8.40. The maximum absolute atomic E-state index is 14.0. The summed E-state index contributed by atoms with van der Waals surface area (Å²) in [6, 6.07) is 14.4. The van der Waals surface area contributed by atoms with E-state index in [0.29, 0.717) is 43.4 Å². The second kappa shape index (κ2) is 9.58. The molecule has 9 heteroatoms. The van der Waals surface area contributed by atoms with Gasteiger partial charge < -0.3 is 14.8 Å². The fraction of sp³-hybridized carbons (Fsp3) is 0.211. The molecule has 1 aromatic heterocycles. The maximum atomic E-state index is 14.0. The Morgan fingerprint density at radius 2 is 2.00 bits per heavy atom. The molecule has 3 aromatic rings. The maximum Gasteiger partial charge on any atom is 0.224 e. The summed E-state index contributed by atoms with van der Waals surface area (Å²) in [4.78, 5) is 15.3. The number of anilines is 1. The molecular formula is C19H16FHoN4O3-. The van der Waals surface area contributed by atoms with Gasteiger partial charge in [-0.1, -0.05) is 6.07 Å². The van der Waals surface area contributed by atoms with E-state index in [1.807, 2.05) is 12.1 Å². The topological polar surface area (TPSA) is 78.3 Å². The molecule has 0 amide bonds. The second-order valence-electron chi connectivity index (χ2n) is 5.84. The van der Waals surface area contributed by atoms with E-state index >= 15 is 0 Å². The first kappa shape index (κ1) is 20.9. The van der Waals surface area contributed by atoms with Crippen molar-refractivity contribution in [1.29, 1.82) is 0 Å². The predicted octanol–water partition coefficient (Wildman–Crippen LogP) is 2.47. The van der Waals surface area contributed by atoms with Gasteiger partial charge in [0.15, 0.2) is 18.4 Å². The Labute approximate surface area is 190 Å². The summed E-state index contributed by atoms with van der Waals surface area (Å²) in [7, 11) is 0. The largest absolute Gasteiger partial charge is 0.349 e. The van der Waals surface area contributed by atoms with Crippen molar-refractivity contribution in [2.75, 3.05) is 25.1 Å². The minimum Gasteiger partial charge on any atom is -0.349 e. The van der Waals surface area contributed by atoms with Crippen molar-refractivity contribution in [3.63, 3.8) is 0 Å². The van der Waals surface area contributed by atoms with E-state index < -0.39 is 5.82 Å². The summed E-state index contributed by atoms with van der Waals surface area (Å²) < 4.78 is 26.4. The van der Waals surface area contributed by atoms with Crippen LogP contribution in [0.2, 0.25) is 0 Å². The van der Waals surface area contributed by atoms with Crippen LogP contribution in [-0.2, 0) is 9.47 Å². The van der Waals surface area contributed by atoms with Crippen molar-refractivity contribution in [2.45, 2.75) is 6.29 Å². The molecule has 0 spiro atoms. The standard InChI is InChI=1S/C19H16FN4O3.Ho/c20-16-10-13(6-7-14(16)12-25)18-22-19(21-11-17-26-8-9-27-17)24(23-18)15-4-2-1-3-5-15;/h2-7,10,12,17H,8-9,11H2,(H,21,22,23);/q-1;. The minimum absolute atomic E-state index is 0. The SMILES string of the molecule is O=Cc1ccc(-c2nc(NCC3OCCO3)n(-c3cc[c-]cc3)n2)cc1F.[Ho]. The monoisotopic (exact) mass is 532 g/mol. The van der Waals surface area contributed by atoms with Gasteiger partial charge in [0, 0.05) is 43.3 Å². The van der Waals surface area contributed by atoms with Crippen LogP contribution in [0, 0.1) is 49.6 Å². The molecule has 2 heterocycles. The predicted molar refractivity (Wildman–Crippen MR) is 95.2 cm³/mol. The first-order valence-corrected chi connectivity index (χ1v) is 8.40. The molecule has 0 unspecified atom stereocenters. The van der Waals surface area contributed by atoms with Crippen LogP contribution >= 0.6 is 0 Å². The summed E-state index contributed by atoms with van der Waals surface area (Å²) in [6.07, 6.45) is 0.118. The van der Waals surface area contributed by atoms with Crippen molar-refractivity contribution in [1.82, 2.24) is 14.8 Å². The molecule has 1 aliphatic heterocycles. The van der Waals surface area contributed by atoms with E-state index in [2.05, 4.69) is 21.5 Å². The number of carbonyl (C=O) groups excluding carboxylic acids is 1. The van der Waals surface area contributed by atoms with Gasteiger partial charge in [0.1, 0.15) is 5.82 Å². The molecular weight excluding hydrogens is 516 g/mol. The molecule has 0 aliphatic carbocycles. The molecule has 1 N–H and O–H groups in total. The van der Waals surface area contributed by atoms with Gasteiger partial charge >= 0.3 is 0 Å². The molecule has 1 saturated heterocycles. The zero-order chi connectivity index (χ0) is 18.6. The van der Waals surface area contributed by atoms with Crippen molar-refractivity contribution in [3.8, 4) is 17.1 Å². The number of hydrogen-bond donors (Lipinski definition) is 1. The first-order chi connectivity index (χ1) is 13.2. The van der Waals surface area contributed by atoms with E-state index in [1.165, 1.54) is 12.1 Å². The van der Waals surface area contributed by atoms with Crippen LogP contribution in [0.15, 0.2) is 42.5 Å². The normalized spacial score (nSPS) is 13.9. The summed E-state index contributed by atoms with van der Waals surface area (Å²) >= 11 is 0. The molecule has 1 radical (unpaired) electrons. The molecule has 2 aromatic carbocycles. The Morgan fingerprint density at radius 3 is 2.68 bits per heavy atom. The van der Waals surface area contributed by atoms with Crippen LogP contribution in [0.1, 0.15) is 10.4 Å². The number of aromatic nitrogens is 3. The fourth-order valence-corrected chi connectivity index (χ4v) is 2.71. The van der Waals surface area contributed by atoms with Crippen molar-refractivity contribution in [2.24, 2.45) is 0 Å². The van der Waals surface area contributed by atoms with E-state index in [9.17, 15) is 9.18 Å². The Bertz CT molecular complexity index is 946. The van der Waals surface area contributed by atoms with Crippen LogP contribution in [0.25, 0.3) is 17.1 Å². The molecule has 1 fully saturated rings. The van der Waals surface area contributed by atoms with Crippen LogP contribution in [0.4, 0.5) is 10.3 Å². The Hall–Kier alpha value is -1.84. The van der Waals surface area contributed by atoms with Crippen molar-refractivity contribution in [3.05, 3.63) is 59.9 Å². The van der Waals surface area contributed by atoms with Gasteiger partial charge in [0.25, 0.3) is 0 Å². The molecule has 28 heavy (non-hydrogen) atoms. The number of aldehydes is 1. The van der Waals surface area contributed by atoms with Gasteiger partial charge in [-0.05, 0) is 17.8 Å². The third-order valence-corrected chi connectivity index (χ3v) is 4.06. The number of halogens is 1. The van der Waals surface area contributed by atoms with Gasteiger partial charge in [0.2, 0.25) is 5.95 Å². The zero-order valence-corrected chi connectivity index (χ0v) is 16.5. The number of ether oxygens (including phenoxy) is 2. The van der Waals surface area contributed by atoms with E-state index in [0.717, 1.165) is 5.69 Å². The van der Waals surface area contributed by atoms with Gasteiger partial charge in [-0.15, -0.1) is 17.2 Å². The number of nitrogens with zero attached hydrogens (tertiary/aromatic N) is 3. The van der Waals surface area contributed by atoms with Gasteiger partial charge in [-0.2, -0.15) is 23.2 Å². The molecule has 0 atom stereocenters. The number of hydrogen-bond acceptors (Lipinski definition) is 6. The average Bonchev–Trinajstić information content (AvgIpc) is 3.37. The second-order valence-corrected chi connectivity index (χ2v) is 5.84. The van der Waals surface area contributed by atoms with Gasteiger partial charge in [-0.3, -0.25) is 4.79 Å². The van der Waals surface area contributed by atoms with Crippen LogP contribution in [0.5, 0.6) is 0 Å². The van der Waals surface area contributed by atoms with Crippen LogP contribution in [-0.4, -0.2) is 47.1 Å². The molecule has 4 rings (SSSR count). The summed E-state index contributed by atoms with van der Waals surface area (Å²) in [5, 5.41) is 7.65. The molecule has 7 nitrogen and oxygen atoms in total. The summed E-state index contributed by atoms with van der Waals surface area (Å²) in [6.45, 7) is 1.51. The Morgan fingerprint density at radius 1 is 1.25 bits per heavy atom. The van der Waals surface area contributed by atoms with Crippen molar-refractivity contribution >= 4 is 12.2 Å². The quantitative estimate of drug-likeness (QED) is 0.299. The van der Waals surface area contributed by atoms with Gasteiger partial charge in [0.05, 0.1) is 25.3 Å². The number of benzene rings is 2. The van der Waals surface area contributed by atoms with E-state index in [1.54, 1.807) is 22.9 Å². The third kappa shape index (κ3) is 4.59.